The molecule has 1 saturated heterocycles. The molecule has 0 aliphatic carbocycles. The lowest BCUT2D eigenvalue weighted by atomic mass is 10.0. The summed E-state index contributed by atoms with van der Waals surface area (Å²) >= 11 is 3.91. The van der Waals surface area contributed by atoms with Gasteiger partial charge in [0.2, 0.25) is 0 Å². The van der Waals surface area contributed by atoms with Crippen molar-refractivity contribution in [1.29, 1.82) is 0 Å². The van der Waals surface area contributed by atoms with Crippen LogP contribution in [-0.2, 0) is 4.74 Å². The second kappa shape index (κ2) is 5.31. The average molecular weight is 269 g/mol. The minimum atomic E-state index is 0.446. The zero-order valence-electron chi connectivity index (χ0n) is 10.1. The Morgan fingerprint density at radius 1 is 1.53 bits per heavy atom. The number of rotatable bonds is 3. The molecular weight excluding hydrogens is 250 g/mol. The van der Waals surface area contributed by atoms with Crippen molar-refractivity contribution >= 4 is 23.1 Å². The number of ether oxygens (including phenoxy) is 1. The Bertz CT molecular complexity index is 373. The molecule has 2 unspecified atom stereocenters. The van der Waals surface area contributed by atoms with E-state index in [1.54, 1.807) is 0 Å². The van der Waals surface area contributed by atoms with Crippen LogP contribution in [0.5, 0.6) is 0 Å². The van der Waals surface area contributed by atoms with E-state index in [0.717, 1.165) is 18.4 Å². The second-order valence-corrected chi connectivity index (χ2v) is 7.55. The number of fused-ring (bicyclic) bond motifs is 1. The maximum Gasteiger partial charge on any atom is 0.0700 e. The first-order valence-corrected chi connectivity index (χ1v) is 8.18. The number of thioether (sulfide) groups is 1. The summed E-state index contributed by atoms with van der Waals surface area (Å²) in [6.45, 7) is 4.29. The molecule has 94 valence electrons. The molecule has 0 bridgehead atoms. The summed E-state index contributed by atoms with van der Waals surface area (Å²) in [6.07, 6.45) is 4.14. The normalized spacial score (nSPS) is 32.6. The van der Waals surface area contributed by atoms with Gasteiger partial charge in [-0.15, -0.1) is 23.1 Å². The predicted octanol–water partition coefficient (Wildman–Crippen LogP) is 3.44. The lowest BCUT2D eigenvalue weighted by Crippen LogP contribution is -2.32. The summed E-state index contributed by atoms with van der Waals surface area (Å²) in [6, 6.07) is 2.82. The van der Waals surface area contributed by atoms with Gasteiger partial charge < -0.3 is 10.1 Å². The van der Waals surface area contributed by atoms with Crippen LogP contribution >= 0.6 is 23.1 Å². The van der Waals surface area contributed by atoms with Gasteiger partial charge in [0, 0.05) is 24.4 Å². The molecule has 0 radical (unpaired) electrons. The molecule has 1 fully saturated rings. The minimum absolute atomic E-state index is 0.446. The molecule has 1 N–H and O–H groups in total. The van der Waals surface area contributed by atoms with E-state index in [0.29, 0.717) is 12.1 Å². The first kappa shape index (κ1) is 12.0. The Kier molecular flexibility index (Phi) is 3.75. The van der Waals surface area contributed by atoms with Crippen molar-refractivity contribution in [2.75, 3.05) is 13.2 Å². The Labute approximate surface area is 111 Å². The van der Waals surface area contributed by atoms with Crippen LogP contribution in [0.25, 0.3) is 0 Å². The highest BCUT2D eigenvalue weighted by Crippen LogP contribution is 2.43. The largest absolute Gasteiger partial charge is 0.377 e. The fourth-order valence-corrected chi connectivity index (χ4v) is 5.19. The van der Waals surface area contributed by atoms with Gasteiger partial charge in [0.05, 0.1) is 10.3 Å². The molecule has 2 aliphatic rings. The summed E-state index contributed by atoms with van der Waals surface area (Å²) in [4.78, 5) is 0. The fraction of sp³-hybridized carbons (Fsp3) is 0.692. The predicted molar refractivity (Wildman–Crippen MR) is 74.0 cm³/mol. The molecule has 3 rings (SSSR count). The molecular formula is C13H19NOS2. The zero-order chi connectivity index (χ0) is 11.7. The van der Waals surface area contributed by atoms with Gasteiger partial charge in [-0.25, -0.2) is 0 Å². The van der Waals surface area contributed by atoms with Crippen LogP contribution in [0, 0.1) is 0 Å². The van der Waals surface area contributed by atoms with Crippen LogP contribution in [0.4, 0.5) is 0 Å². The van der Waals surface area contributed by atoms with E-state index >= 15 is 0 Å². The Hall–Kier alpha value is -0.0300. The summed E-state index contributed by atoms with van der Waals surface area (Å²) in [5.41, 5.74) is 1.51. The zero-order valence-corrected chi connectivity index (χ0v) is 11.8. The van der Waals surface area contributed by atoms with E-state index in [1.807, 2.05) is 23.1 Å². The molecule has 0 saturated carbocycles. The van der Waals surface area contributed by atoms with Gasteiger partial charge in [-0.2, -0.15) is 0 Å². The molecule has 2 nitrogen and oxygen atoms in total. The van der Waals surface area contributed by atoms with E-state index in [4.69, 9.17) is 4.74 Å². The van der Waals surface area contributed by atoms with Crippen molar-refractivity contribution < 1.29 is 4.74 Å². The average Bonchev–Trinajstić information content (AvgIpc) is 2.95. The fourth-order valence-electron chi connectivity index (χ4n) is 2.62. The lowest BCUT2D eigenvalue weighted by Gasteiger charge is -2.28. The van der Waals surface area contributed by atoms with Gasteiger partial charge in [-0.05, 0) is 36.3 Å². The summed E-state index contributed by atoms with van der Waals surface area (Å²) in [7, 11) is 0. The van der Waals surface area contributed by atoms with E-state index in [-0.39, 0.29) is 0 Å². The molecule has 2 aliphatic heterocycles. The third-order valence-corrected chi connectivity index (χ3v) is 5.87. The number of hydrogen-bond acceptors (Lipinski definition) is 4. The molecule has 1 aromatic rings. The lowest BCUT2D eigenvalue weighted by molar-refractivity contribution is 0.107. The van der Waals surface area contributed by atoms with Gasteiger partial charge in [-0.3, -0.25) is 0 Å². The molecule has 0 spiro atoms. The second-order valence-electron chi connectivity index (χ2n) is 4.92. The highest BCUT2D eigenvalue weighted by Gasteiger charge is 2.27. The van der Waals surface area contributed by atoms with E-state index < -0.39 is 0 Å². The van der Waals surface area contributed by atoms with Gasteiger partial charge >= 0.3 is 0 Å². The third kappa shape index (κ3) is 2.70. The topological polar surface area (TPSA) is 21.3 Å². The first-order valence-electron chi connectivity index (χ1n) is 6.42. The monoisotopic (exact) mass is 269 g/mol. The highest BCUT2D eigenvalue weighted by atomic mass is 32.2. The van der Waals surface area contributed by atoms with Crippen molar-refractivity contribution in [1.82, 2.24) is 5.32 Å². The van der Waals surface area contributed by atoms with E-state index in [9.17, 15) is 0 Å². The maximum absolute atomic E-state index is 5.68. The van der Waals surface area contributed by atoms with Crippen LogP contribution in [0.1, 0.15) is 37.8 Å². The summed E-state index contributed by atoms with van der Waals surface area (Å²) in [5.74, 6) is 0. The van der Waals surface area contributed by atoms with Gasteiger partial charge in [0.25, 0.3) is 0 Å². The molecule has 4 heteroatoms. The smallest absolute Gasteiger partial charge is 0.0700 e. The minimum Gasteiger partial charge on any atom is -0.377 e. The van der Waals surface area contributed by atoms with Crippen LogP contribution in [0.3, 0.4) is 0 Å². The SMILES string of the molecule is C[C@H]1CC(NCC2CCCO2)c2ccsc2S1. The molecule has 0 aromatic carbocycles. The van der Waals surface area contributed by atoms with Crippen LogP contribution in [0.2, 0.25) is 0 Å². The molecule has 3 heterocycles. The number of thiophene rings is 1. The van der Waals surface area contributed by atoms with Crippen molar-refractivity contribution in [2.24, 2.45) is 0 Å². The molecule has 17 heavy (non-hydrogen) atoms. The van der Waals surface area contributed by atoms with Gasteiger partial charge in [-0.1, -0.05) is 6.92 Å². The maximum atomic E-state index is 5.68. The Morgan fingerprint density at radius 2 is 2.47 bits per heavy atom. The number of hydrogen-bond donors (Lipinski definition) is 1. The summed E-state index contributed by atoms with van der Waals surface area (Å²) in [5, 5.41) is 6.65. The Morgan fingerprint density at radius 3 is 3.29 bits per heavy atom. The van der Waals surface area contributed by atoms with Crippen molar-refractivity contribution in [3.8, 4) is 0 Å². The van der Waals surface area contributed by atoms with E-state index in [1.165, 1.54) is 29.0 Å². The quantitative estimate of drug-likeness (QED) is 0.908. The number of nitrogens with one attached hydrogen (secondary N) is 1. The van der Waals surface area contributed by atoms with Crippen molar-refractivity contribution in [3.63, 3.8) is 0 Å². The summed E-state index contributed by atoms with van der Waals surface area (Å²) < 4.78 is 7.18. The standard InChI is InChI=1S/C13H19NOS2/c1-9-7-12(11-4-6-16-13(11)17-9)14-8-10-3-2-5-15-10/h4,6,9-10,12,14H,2-3,5,7-8H2,1H3/t9-,10?,12?/m0/s1. The van der Waals surface area contributed by atoms with Crippen molar-refractivity contribution in [2.45, 2.75) is 47.8 Å². The van der Waals surface area contributed by atoms with E-state index in [2.05, 4.69) is 23.7 Å². The first-order chi connectivity index (χ1) is 8.33. The molecule has 3 atom stereocenters. The molecule has 1 aromatic heterocycles. The third-order valence-electron chi connectivity index (χ3n) is 3.53. The highest BCUT2D eigenvalue weighted by molar-refractivity contribution is 8.01. The Balaban J connectivity index is 1.63. The van der Waals surface area contributed by atoms with Gasteiger partial charge in [0.15, 0.2) is 0 Å². The van der Waals surface area contributed by atoms with Crippen molar-refractivity contribution in [3.05, 3.63) is 17.0 Å². The van der Waals surface area contributed by atoms with Crippen LogP contribution < -0.4 is 5.32 Å². The van der Waals surface area contributed by atoms with Crippen LogP contribution in [0.15, 0.2) is 15.7 Å². The van der Waals surface area contributed by atoms with Crippen LogP contribution in [-0.4, -0.2) is 24.5 Å². The van der Waals surface area contributed by atoms with Gasteiger partial charge in [0.1, 0.15) is 0 Å². The molecule has 0 amide bonds.